The normalized spacial score (nSPS) is 9.21. The maximum Gasteiger partial charge on any atom is 0.238 e. The number of anilines is 1. The van der Waals surface area contributed by atoms with Gasteiger partial charge < -0.3 is 5.32 Å². The fourth-order valence-corrected chi connectivity index (χ4v) is 1.09. The molecule has 1 aromatic carbocycles. The molecule has 4 heteroatoms. The number of hydrogen-bond acceptors (Lipinski definition) is 2. The summed E-state index contributed by atoms with van der Waals surface area (Å²) < 4.78 is 12.8. The summed E-state index contributed by atoms with van der Waals surface area (Å²) in [7, 11) is 0. The van der Waals surface area contributed by atoms with Crippen LogP contribution in [0, 0.1) is 24.1 Å². The third kappa shape index (κ3) is 2.87. The van der Waals surface area contributed by atoms with Gasteiger partial charge in [0.05, 0.1) is 6.07 Å². The first-order chi connectivity index (χ1) is 6.61. The number of nitriles is 1. The van der Waals surface area contributed by atoms with Crippen LogP contribution in [0.1, 0.15) is 12.0 Å². The molecule has 1 aromatic rings. The zero-order valence-electron chi connectivity index (χ0n) is 7.67. The molecule has 3 nitrogen and oxygen atoms in total. The van der Waals surface area contributed by atoms with E-state index in [1.54, 1.807) is 19.1 Å². The number of carbonyl (C=O) groups is 1. The Balaban J connectivity index is 2.77. The van der Waals surface area contributed by atoms with Crippen molar-refractivity contribution in [2.75, 3.05) is 5.32 Å². The lowest BCUT2D eigenvalue weighted by atomic mass is 10.2. The summed E-state index contributed by atoms with van der Waals surface area (Å²) in [6.07, 6.45) is -0.227. The van der Waals surface area contributed by atoms with Gasteiger partial charge in [0.2, 0.25) is 5.91 Å². The first kappa shape index (κ1) is 10.2. The molecule has 0 aliphatic rings. The third-order valence-corrected chi connectivity index (χ3v) is 1.57. The number of hydrogen-bond donors (Lipinski definition) is 1. The lowest BCUT2D eigenvalue weighted by molar-refractivity contribution is -0.115. The van der Waals surface area contributed by atoms with Crippen LogP contribution in [0.15, 0.2) is 18.2 Å². The minimum Gasteiger partial charge on any atom is -0.325 e. The monoisotopic (exact) mass is 192 g/mol. The van der Waals surface area contributed by atoms with Crippen molar-refractivity contribution in [1.82, 2.24) is 0 Å². The van der Waals surface area contributed by atoms with Crippen LogP contribution in [-0.4, -0.2) is 5.91 Å². The van der Waals surface area contributed by atoms with Crippen LogP contribution < -0.4 is 5.32 Å². The summed E-state index contributed by atoms with van der Waals surface area (Å²) in [6.45, 7) is 1.73. The van der Waals surface area contributed by atoms with E-state index in [0.29, 0.717) is 5.69 Å². The molecule has 0 saturated heterocycles. The minimum absolute atomic E-state index is 0.227. The van der Waals surface area contributed by atoms with E-state index in [-0.39, 0.29) is 6.42 Å². The Morgan fingerprint density at radius 2 is 2.29 bits per heavy atom. The molecule has 0 aliphatic carbocycles. The van der Waals surface area contributed by atoms with E-state index in [1.807, 2.05) is 0 Å². The summed E-state index contributed by atoms with van der Waals surface area (Å²) in [6, 6.07) is 5.92. The van der Waals surface area contributed by atoms with E-state index >= 15 is 0 Å². The highest BCUT2D eigenvalue weighted by Crippen LogP contribution is 2.13. The smallest absolute Gasteiger partial charge is 0.238 e. The predicted molar refractivity (Wildman–Crippen MR) is 50.0 cm³/mol. The van der Waals surface area contributed by atoms with Crippen LogP contribution in [0.3, 0.4) is 0 Å². The second-order valence-corrected chi connectivity index (χ2v) is 2.90. The van der Waals surface area contributed by atoms with Crippen LogP contribution in [0.25, 0.3) is 0 Å². The number of halogens is 1. The van der Waals surface area contributed by atoms with E-state index < -0.39 is 11.7 Å². The van der Waals surface area contributed by atoms with E-state index in [0.717, 1.165) is 5.56 Å². The second kappa shape index (κ2) is 4.38. The molecule has 0 atom stereocenters. The number of carbonyl (C=O) groups excluding carboxylic acids is 1. The molecule has 0 aromatic heterocycles. The number of nitrogens with one attached hydrogen (secondary N) is 1. The van der Waals surface area contributed by atoms with Gasteiger partial charge in [0.15, 0.2) is 0 Å². The van der Waals surface area contributed by atoms with Crippen LogP contribution in [0.4, 0.5) is 10.1 Å². The zero-order valence-corrected chi connectivity index (χ0v) is 7.67. The van der Waals surface area contributed by atoms with Gasteiger partial charge in [-0.1, -0.05) is 0 Å². The minimum atomic E-state index is -0.433. The van der Waals surface area contributed by atoms with Crippen LogP contribution in [0.5, 0.6) is 0 Å². The summed E-state index contributed by atoms with van der Waals surface area (Å²) >= 11 is 0. The van der Waals surface area contributed by atoms with Crippen LogP contribution in [-0.2, 0) is 4.79 Å². The van der Waals surface area contributed by atoms with Crippen molar-refractivity contribution in [3.05, 3.63) is 29.6 Å². The molecule has 0 unspecified atom stereocenters. The number of benzene rings is 1. The largest absolute Gasteiger partial charge is 0.325 e. The molecule has 1 N–H and O–H groups in total. The summed E-state index contributed by atoms with van der Waals surface area (Å²) in [5, 5.41) is 10.7. The van der Waals surface area contributed by atoms with Gasteiger partial charge >= 0.3 is 0 Å². The maximum atomic E-state index is 12.8. The van der Waals surface area contributed by atoms with Gasteiger partial charge in [0, 0.05) is 5.69 Å². The highest BCUT2D eigenvalue weighted by molar-refractivity contribution is 5.92. The van der Waals surface area contributed by atoms with Crippen molar-refractivity contribution in [1.29, 1.82) is 5.26 Å². The molecular weight excluding hydrogens is 183 g/mol. The SMILES string of the molecule is Cc1cc(F)cc(NC(=O)CC#N)c1. The Kier molecular flexibility index (Phi) is 3.19. The van der Waals surface area contributed by atoms with Crippen molar-refractivity contribution in [2.24, 2.45) is 0 Å². The average Bonchev–Trinajstić information content (AvgIpc) is 2.01. The Morgan fingerprint density at radius 3 is 2.86 bits per heavy atom. The number of rotatable bonds is 2. The average molecular weight is 192 g/mol. The van der Waals surface area contributed by atoms with Crippen molar-refractivity contribution >= 4 is 11.6 Å². The highest BCUT2D eigenvalue weighted by Gasteiger charge is 2.02. The van der Waals surface area contributed by atoms with Crippen LogP contribution in [0.2, 0.25) is 0 Å². The zero-order chi connectivity index (χ0) is 10.6. The molecule has 0 spiro atoms. The number of amides is 1. The van der Waals surface area contributed by atoms with Gasteiger partial charge in [-0.3, -0.25) is 4.79 Å². The molecule has 0 radical (unpaired) electrons. The predicted octanol–water partition coefficient (Wildman–Crippen LogP) is 1.99. The quantitative estimate of drug-likeness (QED) is 0.778. The molecule has 14 heavy (non-hydrogen) atoms. The van der Waals surface area contributed by atoms with Gasteiger partial charge in [-0.15, -0.1) is 0 Å². The third-order valence-electron chi connectivity index (χ3n) is 1.57. The first-order valence-corrected chi connectivity index (χ1v) is 4.06. The van der Waals surface area contributed by atoms with Crippen molar-refractivity contribution < 1.29 is 9.18 Å². The second-order valence-electron chi connectivity index (χ2n) is 2.90. The van der Waals surface area contributed by atoms with Gasteiger partial charge in [-0.2, -0.15) is 5.26 Å². The maximum absolute atomic E-state index is 12.8. The number of nitrogens with zero attached hydrogens (tertiary/aromatic N) is 1. The van der Waals surface area contributed by atoms with Crippen molar-refractivity contribution in [2.45, 2.75) is 13.3 Å². The lowest BCUT2D eigenvalue weighted by Gasteiger charge is -2.03. The summed E-state index contributed by atoms with van der Waals surface area (Å²) in [5.74, 6) is -0.838. The Bertz CT molecular complexity index is 375. The van der Waals surface area contributed by atoms with Gasteiger partial charge in [0.25, 0.3) is 0 Å². The molecule has 72 valence electrons. The molecule has 1 rings (SSSR count). The fraction of sp³-hybridized carbons (Fsp3) is 0.200. The summed E-state index contributed by atoms with van der Waals surface area (Å²) in [5.41, 5.74) is 1.10. The van der Waals surface area contributed by atoms with Gasteiger partial charge in [-0.05, 0) is 30.7 Å². The summed E-state index contributed by atoms with van der Waals surface area (Å²) in [4.78, 5) is 11.0. The standard InChI is InChI=1S/C10H9FN2O/c1-7-4-8(11)6-9(5-7)13-10(14)2-3-12/h4-6H,2H2,1H3,(H,13,14). The molecule has 1 amide bonds. The van der Waals surface area contributed by atoms with E-state index in [1.165, 1.54) is 12.1 Å². The Morgan fingerprint density at radius 1 is 1.57 bits per heavy atom. The van der Waals surface area contributed by atoms with Gasteiger partial charge in [0.1, 0.15) is 12.2 Å². The molecule has 0 fully saturated rings. The first-order valence-electron chi connectivity index (χ1n) is 4.06. The Hall–Kier alpha value is -1.89. The molecule has 0 saturated carbocycles. The van der Waals surface area contributed by atoms with Crippen molar-refractivity contribution in [3.63, 3.8) is 0 Å². The molecular formula is C10H9FN2O. The fourth-order valence-electron chi connectivity index (χ4n) is 1.09. The molecule has 0 aliphatic heterocycles. The topological polar surface area (TPSA) is 52.9 Å². The van der Waals surface area contributed by atoms with Gasteiger partial charge in [-0.25, -0.2) is 4.39 Å². The van der Waals surface area contributed by atoms with Crippen LogP contribution >= 0.6 is 0 Å². The van der Waals surface area contributed by atoms with Crippen molar-refractivity contribution in [3.8, 4) is 6.07 Å². The molecule has 0 heterocycles. The molecule has 0 bridgehead atoms. The Labute approximate surface area is 81.2 Å². The van der Waals surface area contributed by atoms with E-state index in [4.69, 9.17) is 5.26 Å². The van der Waals surface area contributed by atoms with E-state index in [9.17, 15) is 9.18 Å². The highest BCUT2D eigenvalue weighted by atomic mass is 19.1. The lowest BCUT2D eigenvalue weighted by Crippen LogP contribution is -2.10. The van der Waals surface area contributed by atoms with E-state index in [2.05, 4.69) is 5.32 Å². The number of aryl methyl sites for hydroxylation is 1.